The van der Waals surface area contributed by atoms with E-state index in [4.69, 9.17) is 0 Å². The van der Waals surface area contributed by atoms with E-state index in [9.17, 15) is 18.0 Å². The lowest BCUT2D eigenvalue weighted by atomic mass is 9.82. The molecule has 0 N–H and O–H groups in total. The van der Waals surface area contributed by atoms with Crippen LogP contribution in [-0.4, -0.2) is 35.1 Å². The van der Waals surface area contributed by atoms with Crippen LogP contribution in [0.25, 0.3) is 0 Å². The van der Waals surface area contributed by atoms with E-state index in [2.05, 4.69) is 22.0 Å². The molecule has 3 aromatic carbocycles. The maximum Gasteiger partial charge on any atom is 0.233 e. The molecule has 3 aromatic rings. The van der Waals surface area contributed by atoms with Gasteiger partial charge in [0, 0.05) is 31.4 Å². The monoisotopic (exact) mass is 463 g/mol. The van der Waals surface area contributed by atoms with Gasteiger partial charge >= 0.3 is 0 Å². The SMILES string of the molecule is O=C1CC(=Nc2ccc(F)c(F)c2)C2(CCN(Cc3ccccc3)CC2)N1c1cccc(F)c1. The van der Waals surface area contributed by atoms with Gasteiger partial charge in [0.1, 0.15) is 5.82 Å². The van der Waals surface area contributed by atoms with E-state index in [0.29, 0.717) is 37.3 Å². The van der Waals surface area contributed by atoms with Crippen molar-refractivity contribution in [3.8, 4) is 0 Å². The number of rotatable bonds is 4. The van der Waals surface area contributed by atoms with E-state index in [1.54, 1.807) is 17.0 Å². The van der Waals surface area contributed by atoms with Crippen LogP contribution in [0.15, 0.2) is 77.8 Å². The number of hydrogen-bond acceptors (Lipinski definition) is 3. The van der Waals surface area contributed by atoms with E-state index < -0.39 is 23.0 Å². The number of halogens is 3. The third-order valence-electron chi connectivity index (χ3n) is 6.70. The molecule has 0 saturated carbocycles. The molecular weight excluding hydrogens is 439 g/mol. The molecule has 0 aromatic heterocycles. The van der Waals surface area contributed by atoms with Gasteiger partial charge in [-0.25, -0.2) is 13.2 Å². The van der Waals surface area contributed by atoms with Gasteiger partial charge in [-0.3, -0.25) is 14.7 Å². The van der Waals surface area contributed by atoms with Crippen LogP contribution in [-0.2, 0) is 11.3 Å². The summed E-state index contributed by atoms with van der Waals surface area (Å²) in [5.41, 5.74) is 1.81. The minimum atomic E-state index is -0.986. The van der Waals surface area contributed by atoms with Crippen molar-refractivity contribution in [2.75, 3.05) is 18.0 Å². The average Bonchev–Trinajstić information content (AvgIpc) is 3.09. The topological polar surface area (TPSA) is 35.9 Å². The zero-order chi connectivity index (χ0) is 23.7. The molecule has 2 fully saturated rings. The summed E-state index contributed by atoms with van der Waals surface area (Å²) in [7, 11) is 0. The van der Waals surface area contributed by atoms with Crippen molar-refractivity contribution in [2.45, 2.75) is 31.3 Å². The van der Waals surface area contributed by atoms with Crippen LogP contribution in [0.3, 0.4) is 0 Å². The first-order chi connectivity index (χ1) is 16.4. The fraction of sp³-hybridized carbons (Fsp3) is 0.259. The van der Waals surface area contributed by atoms with Crippen molar-refractivity contribution >= 4 is 23.0 Å². The zero-order valence-corrected chi connectivity index (χ0v) is 18.6. The van der Waals surface area contributed by atoms with Gasteiger partial charge in [0.25, 0.3) is 0 Å². The summed E-state index contributed by atoms with van der Waals surface area (Å²) >= 11 is 0. The highest BCUT2D eigenvalue weighted by Crippen LogP contribution is 2.42. The highest BCUT2D eigenvalue weighted by atomic mass is 19.2. The Hall–Kier alpha value is -3.45. The Morgan fingerprint density at radius 2 is 1.62 bits per heavy atom. The van der Waals surface area contributed by atoms with Crippen LogP contribution in [0.4, 0.5) is 24.5 Å². The molecule has 0 radical (unpaired) electrons. The number of piperidine rings is 1. The summed E-state index contributed by atoms with van der Waals surface area (Å²) in [5.74, 6) is -2.53. The fourth-order valence-electron chi connectivity index (χ4n) is 5.05. The fourth-order valence-corrected chi connectivity index (χ4v) is 5.05. The number of amides is 1. The summed E-state index contributed by atoms with van der Waals surface area (Å²) in [6.07, 6.45) is 1.25. The molecule has 0 aliphatic carbocycles. The van der Waals surface area contributed by atoms with Gasteiger partial charge in [-0.15, -0.1) is 0 Å². The Bertz CT molecular complexity index is 1240. The molecule has 2 heterocycles. The predicted octanol–water partition coefficient (Wildman–Crippen LogP) is 5.65. The summed E-state index contributed by atoms with van der Waals surface area (Å²) in [6.45, 7) is 2.22. The number of carbonyl (C=O) groups is 1. The number of nitrogens with zero attached hydrogens (tertiary/aromatic N) is 3. The van der Waals surface area contributed by atoms with Crippen molar-refractivity contribution in [1.82, 2.24) is 4.90 Å². The molecule has 174 valence electrons. The van der Waals surface area contributed by atoms with Gasteiger partial charge in [-0.2, -0.15) is 0 Å². The molecule has 5 rings (SSSR count). The van der Waals surface area contributed by atoms with E-state index in [1.165, 1.54) is 23.8 Å². The Morgan fingerprint density at radius 3 is 2.32 bits per heavy atom. The standard InChI is InChI=1S/C27H24F3N3O/c28-20-7-4-8-22(15-20)33-26(34)17-25(31-21-9-10-23(29)24(30)16-21)27(33)11-13-32(14-12-27)18-19-5-2-1-3-6-19/h1-10,15-16H,11-14,17-18H2. The summed E-state index contributed by atoms with van der Waals surface area (Å²) < 4.78 is 41.4. The quantitative estimate of drug-likeness (QED) is 0.502. The number of carbonyl (C=O) groups excluding carboxylic acids is 1. The predicted molar refractivity (Wildman–Crippen MR) is 126 cm³/mol. The maximum absolute atomic E-state index is 14.1. The third kappa shape index (κ3) is 4.23. The highest BCUT2D eigenvalue weighted by molar-refractivity contribution is 6.22. The van der Waals surface area contributed by atoms with E-state index in [1.807, 2.05) is 18.2 Å². The van der Waals surface area contributed by atoms with Crippen LogP contribution >= 0.6 is 0 Å². The summed E-state index contributed by atoms with van der Waals surface area (Å²) in [5, 5.41) is 0. The second-order valence-corrected chi connectivity index (χ2v) is 8.84. The number of likely N-dealkylation sites (tertiary alicyclic amines) is 1. The Balaban J connectivity index is 1.50. The maximum atomic E-state index is 14.1. The van der Waals surface area contributed by atoms with Crippen molar-refractivity contribution in [1.29, 1.82) is 0 Å². The largest absolute Gasteiger partial charge is 0.300 e. The second kappa shape index (κ2) is 9.06. The lowest BCUT2D eigenvalue weighted by Gasteiger charge is -2.45. The molecule has 2 saturated heterocycles. The molecule has 0 unspecified atom stereocenters. The molecule has 1 spiro atoms. The normalized spacial score (nSPS) is 19.3. The van der Waals surface area contributed by atoms with Crippen LogP contribution in [0.5, 0.6) is 0 Å². The zero-order valence-electron chi connectivity index (χ0n) is 18.6. The Morgan fingerprint density at radius 1 is 0.853 bits per heavy atom. The lowest BCUT2D eigenvalue weighted by Crippen LogP contribution is -2.56. The first-order valence-corrected chi connectivity index (χ1v) is 11.3. The average molecular weight is 464 g/mol. The Labute approximate surface area is 196 Å². The molecule has 4 nitrogen and oxygen atoms in total. The smallest absolute Gasteiger partial charge is 0.233 e. The molecule has 0 bridgehead atoms. The van der Waals surface area contributed by atoms with Gasteiger partial charge in [-0.05, 0) is 48.7 Å². The van der Waals surface area contributed by atoms with Crippen LogP contribution in [0.1, 0.15) is 24.8 Å². The molecule has 2 aliphatic rings. The minimum Gasteiger partial charge on any atom is -0.300 e. The number of benzene rings is 3. The number of hydrogen-bond donors (Lipinski definition) is 0. The number of aliphatic imine (C=N–C) groups is 1. The van der Waals surface area contributed by atoms with Crippen LogP contribution < -0.4 is 4.90 Å². The van der Waals surface area contributed by atoms with E-state index >= 15 is 0 Å². The second-order valence-electron chi connectivity index (χ2n) is 8.84. The molecule has 0 atom stereocenters. The Kier molecular flexibility index (Phi) is 5.96. The van der Waals surface area contributed by atoms with Crippen LogP contribution in [0.2, 0.25) is 0 Å². The first kappa shape index (κ1) is 22.3. The van der Waals surface area contributed by atoms with Crippen molar-refractivity contribution in [3.05, 3.63) is 95.8 Å². The van der Waals surface area contributed by atoms with Crippen molar-refractivity contribution < 1.29 is 18.0 Å². The van der Waals surface area contributed by atoms with Crippen molar-refractivity contribution in [3.63, 3.8) is 0 Å². The van der Waals surface area contributed by atoms with Gasteiger partial charge in [0.05, 0.1) is 23.4 Å². The van der Waals surface area contributed by atoms with E-state index in [-0.39, 0.29) is 18.0 Å². The van der Waals surface area contributed by atoms with Crippen LogP contribution in [0, 0.1) is 17.5 Å². The molecular formula is C27H24F3N3O. The summed E-state index contributed by atoms with van der Waals surface area (Å²) in [4.78, 5) is 21.8. The molecule has 2 aliphatic heterocycles. The van der Waals surface area contributed by atoms with Gasteiger partial charge in [0.2, 0.25) is 5.91 Å². The highest BCUT2D eigenvalue weighted by Gasteiger charge is 2.52. The van der Waals surface area contributed by atoms with Crippen molar-refractivity contribution in [2.24, 2.45) is 4.99 Å². The van der Waals surface area contributed by atoms with E-state index in [0.717, 1.165) is 18.7 Å². The minimum absolute atomic E-state index is 0.0498. The molecule has 34 heavy (non-hydrogen) atoms. The van der Waals surface area contributed by atoms with Gasteiger partial charge in [-0.1, -0.05) is 36.4 Å². The van der Waals surface area contributed by atoms with Gasteiger partial charge < -0.3 is 4.90 Å². The summed E-state index contributed by atoms with van der Waals surface area (Å²) in [6, 6.07) is 19.6. The third-order valence-corrected chi connectivity index (χ3v) is 6.70. The lowest BCUT2D eigenvalue weighted by molar-refractivity contribution is -0.117. The first-order valence-electron chi connectivity index (χ1n) is 11.3. The number of anilines is 1. The molecule has 1 amide bonds. The molecule has 7 heteroatoms. The van der Waals surface area contributed by atoms with Gasteiger partial charge in [0.15, 0.2) is 11.6 Å².